The fourth-order valence-electron chi connectivity index (χ4n) is 1.92. The third-order valence-corrected chi connectivity index (χ3v) is 3.17. The smallest absolute Gasteiger partial charge is 0.267 e. The molecule has 0 aliphatic rings. The van der Waals surface area contributed by atoms with Gasteiger partial charge < -0.3 is 0 Å². The normalized spacial score (nSPS) is 15.3. The molecule has 0 bridgehead atoms. The van der Waals surface area contributed by atoms with Crippen molar-refractivity contribution < 1.29 is 0 Å². The average molecular weight is 210 g/mol. The van der Waals surface area contributed by atoms with Crippen LogP contribution in [0.4, 0.5) is 0 Å². The molecular formula is C12H22N2O. The molecular weight excluding hydrogens is 188 g/mol. The number of rotatable bonds is 4. The Bertz CT molecular complexity index is 375. The van der Waals surface area contributed by atoms with Crippen LogP contribution in [-0.4, -0.2) is 9.36 Å². The van der Waals surface area contributed by atoms with Crippen molar-refractivity contribution in [1.29, 1.82) is 0 Å². The van der Waals surface area contributed by atoms with E-state index in [-0.39, 0.29) is 11.6 Å². The summed E-state index contributed by atoms with van der Waals surface area (Å²) >= 11 is 0. The fourth-order valence-corrected chi connectivity index (χ4v) is 1.92. The van der Waals surface area contributed by atoms with Crippen LogP contribution in [0.3, 0.4) is 0 Å². The topological polar surface area (TPSA) is 26.9 Å². The molecule has 0 aromatic carbocycles. The van der Waals surface area contributed by atoms with Gasteiger partial charge in [-0.1, -0.05) is 13.8 Å². The molecule has 0 saturated heterocycles. The highest BCUT2D eigenvalue weighted by Gasteiger charge is 2.15. The summed E-state index contributed by atoms with van der Waals surface area (Å²) in [5.41, 5.74) is 1.19. The maximum Gasteiger partial charge on any atom is 0.267 e. The molecule has 1 aromatic rings. The summed E-state index contributed by atoms with van der Waals surface area (Å²) in [6, 6.07) is 2.40. The van der Waals surface area contributed by atoms with Crippen LogP contribution in [0.1, 0.15) is 58.3 Å². The van der Waals surface area contributed by atoms with Crippen LogP contribution in [0.2, 0.25) is 0 Å². The van der Waals surface area contributed by atoms with Gasteiger partial charge in [0, 0.05) is 17.8 Å². The second-order valence-electron chi connectivity index (χ2n) is 4.33. The Morgan fingerprint density at radius 2 is 1.60 bits per heavy atom. The minimum Gasteiger partial charge on any atom is -0.284 e. The maximum absolute atomic E-state index is 11.8. The van der Waals surface area contributed by atoms with Crippen LogP contribution in [0.15, 0.2) is 10.9 Å². The molecule has 0 saturated carbocycles. The monoisotopic (exact) mass is 210 g/mol. The van der Waals surface area contributed by atoms with Gasteiger partial charge in [0.15, 0.2) is 0 Å². The Hall–Kier alpha value is -0.990. The van der Waals surface area contributed by atoms with E-state index in [1.165, 1.54) is 0 Å². The van der Waals surface area contributed by atoms with E-state index >= 15 is 0 Å². The van der Waals surface area contributed by atoms with Crippen LogP contribution in [0, 0.1) is 6.92 Å². The average Bonchev–Trinajstić information content (AvgIpc) is 2.51. The molecule has 3 nitrogen and oxygen atoms in total. The second-order valence-corrected chi connectivity index (χ2v) is 4.33. The summed E-state index contributed by atoms with van der Waals surface area (Å²) < 4.78 is 4.03. The molecule has 1 heterocycles. The molecule has 3 heteroatoms. The van der Waals surface area contributed by atoms with Crippen molar-refractivity contribution in [2.45, 2.75) is 59.5 Å². The molecule has 0 aliphatic carbocycles. The molecule has 0 fully saturated rings. The Morgan fingerprint density at radius 1 is 1.13 bits per heavy atom. The summed E-state index contributed by atoms with van der Waals surface area (Å²) in [4.78, 5) is 11.8. The van der Waals surface area contributed by atoms with Gasteiger partial charge in [0.1, 0.15) is 0 Å². The van der Waals surface area contributed by atoms with Gasteiger partial charge in [0.05, 0.1) is 6.04 Å². The summed E-state index contributed by atoms with van der Waals surface area (Å²) in [5.74, 6) is 0. The van der Waals surface area contributed by atoms with Gasteiger partial charge >= 0.3 is 0 Å². The fraction of sp³-hybridized carbons (Fsp3) is 0.750. The molecule has 86 valence electrons. The number of nitrogens with zero attached hydrogens (tertiary/aromatic N) is 2. The molecule has 0 radical (unpaired) electrons. The van der Waals surface area contributed by atoms with E-state index in [1.54, 1.807) is 6.07 Å². The highest BCUT2D eigenvalue weighted by molar-refractivity contribution is 5.01. The van der Waals surface area contributed by atoms with Gasteiger partial charge in [-0.2, -0.15) is 0 Å². The largest absolute Gasteiger partial charge is 0.284 e. The molecule has 1 aromatic heterocycles. The van der Waals surface area contributed by atoms with Gasteiger partial charge in [-0.05, 0) is 33.6 Å². The molecule has 2 atom stereocenters. The minimum atomic E-state index is 0.127. The lowest BCUT2D eigenvalue weighted by Gasteiger charge is -2.23. The number of aromatic nitrogens is 2. The lowest BCUT2D eigenvalue weighted by molar-refractivity contribution is 0.321. The van der Waals surface area contributed by atoms with Crippen molar-refractivity contribution >= 4 is 0 Å². The molecule has 0 N–H and O–H groups in total. The first-order valence-corrected chi connectivity index (χ1v) is 5.83. The van der Waals surface area contributed by atoms with Gasteiger partial charge in [-0.3, -0.25) is 9.48 Å². The van der Waals surface area contributed by atoms with Crippen molar-refractivity contribution in [2.75, 3.05) is 0 Å². The summed E-state index contributed by atoms with van der Waals surface area (Å²) in [5, 5.41) is 0. The van der Waals surface area contributed by atoms with Crippen molar-refractivity contribution in [1.82, 2.24) is 9.36 Å². The molecule has 0 amide bonds. The maximum atomic E-state index is 11.8. The van der Waals surface area contributed by atoms with Crippen molar-refractivity contribution in [3.63, 3.8) is 0 Å². The zero-order valence-corrected chi connectivity index (χ0v) is 10.4. The Kier molecular flexibility index (Phi) is 3.77. The van der Waals surface area contributed by atoms with Crippen molar-refractivity contribution in [3.8, 4) is 0 Å². The number of aryl methyl sites for hydroxylation is 1. The van der Waals surface area contributed by atoms with E-state index in [0.717, 1.165) is 18.5 Å². The summed E-state index contributed by atoms with van der Waals surface area (Å²) in [6.07, 6.45) is 2.03. The van der Waals surface area contributed by atoms with E-state index < -0.39 is 0 Å². The van der Waals surface area contributed by atoms with E-state index in [4.69, 9.17) is 0 Å². The predicted molar refractivity (Wildman–Crippen MR) is 63.4 cm³/mol. The third kappa shape index (κ3) is 2.16. The van der Waals surface area contributed by atoms with Gasteiger partial charge in [0.25, 0.3) is 5.56 Å². The van der Waals surface area contributed by atoms with Gasteiger partial charge in [-0.25, -0.2) is 4.68 Å². The highest BCUT2D eigenvalue weighted by Crippen LogP contribution is 2.16. The standard InChI is InChI=1S/C12H22N2O/c1-6-9(3)13-11(5)8-12(15)14(13)10(4)7-2/h8-10H,6-7H2,1-5H3. The first-order chi connectivity index (χ1) is 7.02. The second kappa shape index (κ2) is 4.69. The zero-order valence-electron chi connectivity index (χ0n) is 10.4. The molecule has 1 rings (SSSR count). The Labute approximate surface area is 91.7 Å². The van der Waals surface area contributed by atoms with E-state index in [9.17, 15) is 4.79 Å². The number of hydrogen-bond donors (Lipinski definition) is 0. The predicted octanol–water partition coefficient (Wildman–Crippen LogP) is 2.90. The Morgan fingerprint density at radius 3 is 2.07 bits per heavy atom. The van der Waals surface area contributed by atoms with E-state index in [0.29, 0.717) is 6.04 Å². The van der Waals surface area contributed by atoms with Crippen LogP contribution in [0.25, 0.3) is 0 Å². The lowest BCUT2D eigenvalue weighted by atomic mass is 10.2. The van der Waals surface area contributed by atoms with Crippen LogP contribution in [0.5, 0.6) is 0 Å². The quantitative estimate of drug-likeness (QED) is 0.750. The SMILES string of the molecule is CCC(C)n1c(C)cc(=O)n1C(C)CC. The minimum absolute atomic E-state index is 0.127. The van der Waals surface area contributed by atoms with E-state index in [1.807, 2.05) is 11.6 Å². The zero-order chi connectivity index (χ0) is 11.6. The molecule has 15 heavy (non-hydrogen) atoms. The van der Waals surface area contributed by atoms with E-state index in [2.05, 4.69) is 32.4 Å². The van der Waals surface area contributed by atoms with Gasteiger partial charge in [-0.15, -0.1) is 0 Å². The summed E-state index contributed by atoms with van der Waals surface area (Å²) in [7, 11) is 0. The lowest BCUT2D eigenvalue weighted by Crippen LogP contribution is -2.27. The highest BCUT2D eigenvalue weighted by atomic mass is 16.1. The van der Waals surface area contributed by atoms with Gasteiger partial charge in [0.2, 0.25) is 0 Å². The first kappa shape index (κ1) is 12.1. The molecule has 2 unspecified atom stereocenters. The van der Waals surface area contributed by atoms with Crippen LogP contribution < -0.4 is 5.56 Å². The first-order valence-electron chi connectivity index (χ1n) is 5.83. The van der Waals surface area contributed by atoms with Crippen molar-refractivity contribution in [2.24, 2.45) is 0 Å². The third-order valence-electron chi connectivity index (χ3n) is 3.17. The number of hydrogen-bond acceptors (Lipinski definition) is 1. The van der Waals surface area contributed by atoms with Crippen molar-refractivity contribution in [3.05, 3.63) is 22.1 Å². The molecule has 0 spiro atoms. The van der Waals surface area contributed by atoms with Crippen LogP contribution in [-0.2, 0) is 0 Å². The van der Waals surface area contributed by atoms with Crippen LogP contribution >= 0.6 is 0 Å². The Balaban J connectivity index is 3.29. The summed E-state index contributed by atoms with van der Waals surface area (Å²) in [6.45, 7) is 10.5. The molecule has 0 aliphatic heterocycles.